The summed E-state index contributed by atoms with van der Waals surface area (Å²) in [5, 5.41) is 0. The van der Waals surface area contributed by atoms with E-state index in [2.05, 4.69) is 18.0 Å². The van der Waals surface area contributed by atoms with Crippen molar-refractivity contribution < 1.29 is 4.79 Å². The van der Waals surface area contributed by atoms with E-state index in [1.807, 2.05) is 13.0 Å². The number of hydrogen-bond acceptors (Lipinski definition) is 3. The van der Waals surface area contributed by atoms with Gasteiger partial charge in [-0.15, -0.1) is 0 Å². The third kappa shape index (κ3) is 6.55. The van der Waals surface area contributed by atoms with E-state index >= 15 is 0 Å². The lowest BCUT2D eigenvalue weighted by Gasteiger charge is -2.21. The second kappa shape index (κ2) is 9.83. The summed E-state index contributed by atoms with van der Waals surface area (Å²) in [6.07, 6.45) is 7.54. The molecule has 1 atom stereocenters. The molecular formula is C14H27N3O. The summed E-state index contributed by atoms with van der Waals surface area (Å²) in [5.74, 6) is 0.0202. The lowest BCUT2D eigenvalue weighted by atomic mass is 10.1. The molecule has 0 aromatic rings. The third-order valence-electron chi connectivity index (χ3n) is 2.83. The molecule has 1 amide bonds. The summed E-state index contributed by atoms with van der Waals surface area (Å²) >= 11 is 0. The number of rotatable bonds is 8. The zero-order valence-corrected chi connectivity index (χ0v) is 12.1. The van der Waals surface area contributed by atoms with Crippen LogP contribution in [-0.4, -0.2) is 43.2 Å². The van der Waals surface area contributed by atoms with Crippen LogP contribution in [0.2, 0.25) is 0 Å². The first-order valence-electron chi connectivity index (χ1n) is 6.69. The van der Waals surface area contributed by atoms with Crippen LogP contribution >= 0.6 is 0 Å². The molecule has 0 aliphatic carbocycles. The van der Waals surface area contributed by atoms with Gasteiger partial charge in [-0.3, -0.25) is 9.79 Å². The normalized spacial score (nSPS) is 13.9. The van der Waals surface area contributed by atoms with Gasteiger partial charge >= 0.3 is 0 Å². The van der Waals surface area contributed by atoms with Gasteiger partial charge in [0, 0.05) is 32.8 Å². The highest BCUT2D eigenvalue weighted by Crippen LogP contribution is 2.00. The van der Waals surface area contributed by atoms with Crippen molar-refractivity contribution in [2.75, 3.05) is 20.6 Å². The van der Waals surface area contributed by atoms with Gasteiger partial charge in [-0.1, -0.05) is 26.3 Å². The molecule has 1 unspecified atom stereocenters. The fraction of sp³-hybridized carbons (Fsp3) is 0.714. The van der Waals surface area contributed by atoms with Crippen LogP contribution in [0.25, 0.3) is 0 Å². The molecule has 0 aromatic carbocycles. The highest BCUT2D eigenvalue weighted by atomic mass is 16.2. The number of likely N-dealkylation sites (N-methyl/N-ethyl adjacent to an activating group) is 1. The van der Waals surface area contributed by atoms with Crippen LogP contribution < -0.4 is 5.73 Å². The Kier molecular flexibility index (Phi) is 9.19. The van der Waals surface area contributed by atoms with Crippen molar-refractivity contribution in [3.63, 3.8) is 0 Å². The SMILES string of the molecule is CC/C=C\C(CCN(C)C(=O)C(N)CCC)=NC. The van der Waals surface area contributed by atoms with Gasteiger partial charge < -0.3 is 10.6 Å². The van der Waals surface area contributed by atoms with Crippen LogP contribution in [0.1, 0.15) is 39.5 Å². The molecule has 4 heteroatoms. The Labute approximate surface area is 111 Å². The van der Waals surface area contributed by atoms with Crippen LogP contribution in [0.4, 0.5) is 0 Å². The average Bonchev–Trinajstić information content (AvgIpc) is 2.38. The molecule has 0 fully saturated rings. The summed E-state index contributed by atoms with van der Waals surface area (Å²) in [6, 6.07) is -0.367. The predicted octanol–water partition coefficient (Wildman–Crippen LogP) is 2.00. The van der Waals surface area contributed by atoms with Crippen LogP contribution in [0.5, 0.6) is 0 Å². The van der Waals surface area contributed by atoms with Crippen LogP contribution in [0.15, 0.2) is 17.1 Å². The van der Waals surface area contributed by atoms with E-state index in [0.29, 0.717) is 6.54 Å². The molecule has 0 heterocycles. The highest BCUT2D eigenvalue weighted by Gasteiger charge is 2.16. The zero-order chi connectivity index (χ0) is 14.0. The number of hydrogen-bond donors (Lipinski definition) is 1. The van der Waals surface area contributed by atoms with E-state index < -0.39 is 0 Å². The highest BCUT2D eigenvalue weighted by molar-refractivity contribution is 5.95. The number of aliphatic imine (C=N–C) groups is 1. The van der Waals surface area contributed by atoms with Gasteiger partial charge in [0.05, 0.1) is 6.04 Å². The standard InChI is InChI=1S/C14H27N3O/c1-5-7-9-12(16-3)10-11-17(4)14(18)13(15)8-6-2/h7,9,13H,5-6,8,10-11,15H2,1-4H3/b9-7-,16-12?. The van der Waals surface area contributed by atoms with Crippen molar-refractivity contribution in [2.45, 2.75) is 45.6 Å². The van der Waals surface area contributed by atoms with Gasteiger partial charge in [-0.25, -0.2) is 0 Å². The number of nitrogens with zero attached hydrogens (tertiary/aromatic N) is 2. The minimum atomic E-state index is -0.367. The Morgan fingerprint density at radius 3 is 2.61 bits per heavy atom. The first kappa shape index (κ1) is 16.8. The Bertz CT molecular complexity index is 297. The molecule has 0 saturated heterocycles. The van der Waals surface area contributed by atoms with Gasteiger partial charge in [0.25, 0.3) is 0 Å². The van der Waals surface area contributed by atoms with Gasteiger partial charge in [-0.2, -0.15) is 0 Å². The number of allylic oxidation sites excluding steroid dienone is 2. The maximum absolute atomic E-state index is 11.9. The van der Waals surface area contributed by atoms with Gasteiger partial charge in [0.1, 0.15) is 0 Å². The number of carbonyl (C=O) groups is 1. The molecule has 0 aliphatic rings. The smallest absolute Gasteiger partial charge is 0.239 e. The number of amides is 1. The average molecular weight is 253 g/mol. The lowest BCUT2D eigenvalue weighted by molar-refractivity contribution is -0.131. The fourth-order valence-electron chi connectivity index (χ4n) is 1.63. The summed E-state index contributed by atoms with van der Waals surface area (Å²) in [5.41, 5.74) is 6.83. The summed E-state index contributed by atoms with van der Waals surface area (Å²) < 4.78 is 0. The molecule has 104 valence electrons. The second-order valence-electron chi connectivity index (χ2n) is 4.43. The van der Waals surface area contributed by atoms with Gasteiger partial charge in [-0.05, 0) is 18.9 Å². The maximum atomic E-state index is 11.9. The van der Waals surface area contributed by atoms with Crippen LogP contribution in [0.3, 0.4) is 0 Å². The van der Waals surface area contributed by atoms with E-state index in [1.165, 1.54) is 0 Å². The summed E-state index contributed by atoms with van der Waals surface area (Å²) in [4.78, 5) is 17.8. The zero-order valence-electron chi connectivity index (χ0n) is 12.1. The minimum absolute atomic E-state index is 0.0202. The maximum Gasteiger partial charge on any atom is 0.239 e. The van der Waals surface area contributed by atoms with Crippen molar-refractivity contribution >= 4 is 11.6 Å². The Morgan fingerprint density at radius 1 is 1.44 bits per heavy atom. The fourth-order valence-corrected chi connectivity index (χ4v) is 1.63. The molecule has 4 nitrogen and oxygen atoms in total. The van der Waals surface area contributed by atoms with Crippen molar-refractivity contribution in [2.24, 2.45) is 10.7 Å². The van der Waals surface area contributed by atoms with Gasteiger partial charge in [0.15, 0.2) is 0 Å². The van der Waals surface area contributed by atoms with E-state index in [-0.39, 0.29) is 11.9 Å². The van der Waals surface area contributed by atoms with E-state index in [0.717, 1.165) is 31.4 Å². The molecule has 0 aliphatic heterocycles. The molecule has 0 saturated carbocycles. The van der Waals surface area contributed by atoms with Crippen molar-refractivity contribution in [1.29, 1.82) is 0 Å². The molecule has 0 radical (unpaired) electrons. The molecular weight excluding hydrogens is 226 g/mol. The first-order valence-corrected chi connectivity index (χ1v) is 6.69. The molecule has 0 rings (SSSR count). The largest absolute Gasteiger partial charge is 0.344 e. The van der Waals surface area contributed by atoms with Crippen molar-refractivity contribution in [3.05, 3.63) is 12.2 Å². The summed E-state index contributed by atoms with van der Waals surface area (Å²) in [7, 11) is 3.58. The first-order chi connectivity index (χ1) is 8.56. The second-order valence-corrected chi connectivity index (χ2v) is 4.43. The number of nitrogens with two attached hydrogens (primary N) is 1. The Morgan fingerprint density at radius 2 is 2.11 bits per heavy atom. The third-order valence-corrected chi connectivity index (χ3v) is 2.83. The molecule has 0 spiro atoms. The van der Waals surface area contributed by atoms with Gasteiger partial charge in [0.2, 0.25) is 5.91 Å². The van der Waals surface area contributed by atoms with Crippen LogP contribution in [-0.2, 0) is 4.79 Å². The quantitative estimate of drug-likeness (QED) is 0.673. The minimum Gasteiger partial charge on any atom is -0.344 e. The molecule has 0 aromatic heterocycles. The lowest BCUT2D eigenvalue weighted by Crippen LogP contribution is -2.42. The topological polar surface area (TPSA) is 58.7 Å². The molecule has 0 bridgehead atoms. The van der Waals surface area contributed by atoms with Crippen LogP contribution in [0, 0.1) is 0 Å². The van der Waals surface area contributed by atoms with E-state index in [1.54, 1.807) is 19.0 Å². The van der Waals surface area contributed by atoms with Crippen molar-refractivity contribution in [3.8, 4) is 0 Å². The Hall–Kier alpha value is -1.16. The Balaban J connectivity index is 4.19. The van der Waals surface area contributed by atoms with E-state index in [9.17, 15) is 4.79 Å². The molecule has 2 N–H and O–H groups in total. The summed E-state index contributed by atoms with van der Waals surface area (Å²) in [6.45, 7) is 4.78. The molecule has 18 heavy (non-hydrogen) atoms. The monoisotopic (exact) mass is 253 g/mol. The van der Waals surface area contributed by atoms with Crippen molar-refractivity contribution in [1.82, 2.24) is 4.90 Å². The van der Waals surface area contributed by atoms with E-state index in [4.69, 9.17) is 5.73 Å². The predicted molar refractivity (Wildman–Crippen MR) is 77.9 cm³/mol. The number of carbonyl (C=O) groups excluding carboxylic acids is 1.